The van der Waals surface area contributed by atoms with Crippen molar-refractivity contribution in [2.45, 2.75) is 77.4 Å². The third-order valence-corrected chi connectivity index (χ3v) is 5.13. The summed E-state index contributed by atoms with van der Waals surface area (Å²) in [5, 5.41) is 2.75. The molecule has 1 aliphatic heterocycles. The Morgan fingerprint density at radius 3 is 2.62 bits per heavy atom. The first kappa shape index (κ1) is 23.3. The molecule has 1 amide bonds. The molecule has 9 heteroatoms. The number of hydrogen-bond donors (Lipinski definition) is 2. The van der Waals surface area contributed by atoms with Gasteiger partial charge < -0.3 is 19.5 Å². The van der Waals surface area contributed by atoms with Gasteiger partial charge in [0.05, 0.1) is 6.61 Å². The van der Waals surface area contributed by atoms with E-state index in [-0.39, 0.29) is 6.61 Å². The first-order valence-electron chi connectivity index (χ1n) is 10.3. The smallest absolute Gasteiger partial charge is 0.330 e. The lowest BCUT2D eigenvalue weighted by Crippen LogP contribution is -2.51. The van der Waals surface area contributed by atoms with Crippen LogP contribution in [0.4, 0.5) is 0 Å². The zero-order valence-corrected chi connectivity index (χ0v) is 17.7. The summed E-state index contributed by atoms with van der Waals surface area (Å²) in [5.74, 6) is 0. The van der Waals surface area contributed by atoms with Crippen LogP contribution in [0.15, 0.2) is 15.8 Å². The van der Waals surface area contributed by atoms with Gasteiger partial charge in [-0.05, 0) is 26.7 Å². The van der Waals surface area contributed by atoms with Crippen LogP contribution in [-0.2, 0) is 19.0 Å². The Hall–Kier alpha value is -1.97. The van der Waals surface area contributed by atoms with Crippen LogP contribution < -0.4 is 16.6 Å². The molecule has 9 nitrogen and oxygen atoms in total. The van der Waals surface area contributed by atoms with Gasteiger partial charge in [-0.15, -0.1) is 0 Å². The van der Waals surface area contributed by atoms with Crippen molar-refractivity contribution in [3.05, 3.63) is 32.6 Å². The minimum Gasteiger partial charge on any atom is -0.378 e. The minimum atomic E-state index is -0.879. The molecule has 2 rings (SSSR count). The maximum atomic E-state index is 12.4. The summed E-state index contributed by atoms with van der Waals surface area (Å²) >= 11 is 0. The topological polar surface area (TPSA) is 112 Å². The van der Waals surface area contributed by atoms with Crippen molar-refractivity contribution in [3.8, 4) is 0 Å². The van der Waals surface area contributed by atoms with E-state index in [1.807, 2.05) is 6.92 Å². The van der Waals surface area contributed by atoms with Gasteiger partial charge in [-0.3, -0.25) is 19.1 Å². The zero-order chi connectivity index (χ0) is 21.4. The van der Waals surface area contributed by atoms with E-state index in [2.05, 4.69) is 24.1 Å². The van der Waals surface area contributed by atoms with Gasteiger partial charge in [-0.1, -0.05) is 26.7 Å². The number of aromatic amines is 1. The van der Waals surface area contributed by atoms with Crippen LogP contribution in [0.1, 0.15) is 58.2 Å². The largest absolute Gasteiger partial charge is 0.378 e. The molecular formula is C20H33N3O6. The number of ether oxygens (including phenoxy) is 3. The summed E-state index contributed by atoms with van der Waals surface area (Å²) < 4.78 is 19.5. The van der Waals surface area contributed by atoms with E-state index in [4.69, 9.17) is 14.2 Å². The summed E-state index contributed by atoms with van der Waals surface area (Å²) in [4.78, 5) is 37.8. The van der Waals surface area contributed by atoms with Gasteiger partial charge >= 0.3 is 5.69 Å². The van der Waals surface area contributed by atoms with Crippen LogP contribution in [0.2, 0.25) is 0 Å². The zero-order valence-electron chi connectivity index (χ0n) is 17.7. The molecule has 2 N–H and O–H groups in total. The van der Waals surface area contributed by atoms with E-state index < -0.39 is 35.2 Å². The van der Waals surface area contributed by atoms with Crippen molar-refractivity contribution in [3.63, 3.8) is 0 Å². The van der Waals surface area contributed by atoms with Crippen molar-refractivity contribution in [1.82, 2.24) is 14.9 Å². The molecule has 29 heavy (non-hydrogen) atoms. The standard InChI is InChI=1S/C20H33N3O6/c1-5-7-9-27-12-20(4)16(28-10-8-6-2)15(21-13-24)18(29-20)23-11-14(3)17(25)22-19(23)26/h11,13,15-16,18H,5-10,12H2,1-4H3,(H,21,24)(H,22,25,26)/t15?,16?,18-,20+/m1/s1. The summed E-state index contributed by atoms with van der Waals surface area (Å²) in [7, 11) is 0. The predicted octanol–water partition coefficient (Wildman–Crippen LogP) is 1.25. The van der Waals surface area contributed by atoms with Crippen molar-refractivity contribution in [1.29, 1.82) is 0 Å². The Morgan fingerprint density at radius 2 is 1.97 bits per heavy atom. The normalized spacial score (nSPS) is 26.6. The molecule has 0 saturated carbocycles. The number of amides is 1. The number of hydrogen-bond acceptors (Lipinski definition) is 6. The van der Waals surface area contributed by atoms with Crippen LogP contribution in [0.3, 0.4) is 0 Å². The molecule has 1 fully saturated rings. The van der Waals surface area contributed by atoms with E-state index in [9.17, 15) is 14.4 Å². The second kappa shape index (κ2) is 10.7. The molecule has 0 radical (unpaired) electrons. The SMILES string of the molecule is CCCCOC[C@]1(C)O[C@@H](n2cc(C)c(=O)[nH]c2=O)C(NC=O)C1OCCCC. The van der Waals surface area contributed by atoms with E-state index in [1.54, 1.807) is 6.92 Å². The Balaban J connectivity index is 2.37. The lowest BCUT2D eigenvalue weighted by Gasteiger charge is -2.31. The third-order valence-electron chi connectivity index (χ3n) is 5.13. The molecule has 2 heterocycles. The van der Waals surface area contributed by atoms with Crippen LogP contribution in [-0.4, -0.2) is 53.5 Å². The number of carbonyl (C=O) groups excluding carboxylic acids is 1. The molecule has 1 aromatic heterocycles. The summed E-state index contributed by atoms with van der Waals surface area (Å²) in [6.45, 7) is 8.96. The van der Waals surface area contributed by atoms with Gasteiger partial charge in [-0.2, -0.15) is 0 Å². The molecule has 2 unspecified atom stereocenters. The van der Waals surface area contributed by atoms with Crippen molar-refractivity contribution in [2.24, 2.45) is 0 Å². The lowest BCUT2D eigenvalue weighted by atomic mass is 9.96. The molecule has 0 bridgehead atoms. The van der Waals surface area contributed by atoms with Crippen LogP contribution in [0.5, 0.6) is 0 Å². The average molecular weight is 411 g/mol. The van der Waals surface area contributed by atoms with Crippen molar-refractivity contribution >= 4 is 6.41 Å². The van der Waals surface area contributed by atoms with Gasteiger partial charge in [0, 0.05) is 25.0 Å². The maximum Gasteiger partial charge on any atom is 0.330 e. The second-order valence-corrected chi connectivity index (χ2v) is 7.66. The van der Waals surface area contributed by atoms with Crippen LogP contribution in [0.25, 0.3) is 0 Å². The number of aryl methyl sites for hydroxylation is 1. The first-order chi connectivity index (χ1) is 13.9. The second-order valence-electron chi connectivity index (χ2n) is 7.66. The molecule has 1 aliphatic rings. The molecule has 1 saturated heterocycles. The maximum absolute atomic E-state index is 12.4. The monoisotopic (exact) mass is 411 g/mol. The number of nitrogens with zero attached hydrogens (tertiary/aromatic N) is 1. The van der Waals surface area contributed by atoms with Gasteiger partial charge in [0.25, 0.3) is 5.56 Å². The Morgan fingerprint density at radius 1 is 1.28 bits per heavy atom. The van der Waals surface area contributed by atoms with Crippen LogP contribution >= 0.6 is 0 Å². The summed E-state index contributed by atoms with van der Waals surface area (Å²) in [5.41, 5.74) is -1.57. The minimum absolute atomic E-state index is 0.258. The average Bonchev–Trinajstić information content (AvgIpc) is 2.95. The number of unbranched alkanes of at least 4 members (excludes halogenated alkanes) is 2. The van der Waals surface area contributed by atoms with E-state index >= 15 is 0 Å². The van der Waals surface area contributed by atoms with Gasteiger partial charge in [-0.25, -0.2) is 4.79 Å². The third kappa shape index (κ3) is 5.55. The molecule has 0 spiro atoms. The van der Waals surface area contributed by atoms with Gasteiger partial charge in [0.1, 0.15) is 17.7 Å². The fourth-order valence-electron chi connectivity index (χ4n) is 3.47. The van der Waals surface area contributed by atoms with Gasteiger partial charge in [0.2, 0.25) is 6.41 Å². The molecule has 1 aromatic rings. The van der Waals surface area contributed by atoms with E-state index in [0.29, 0.717) is 25.2 Å². The fourth-order valence-corrected chi connectivity index (χ4v) is 3.47. The first-order valence-corrected chi connectivity index (χ1v) is 10.3. The van der Waals surface area contributed by atoms with Crippen LogP contribution in [0, 0.1) is 6.92 Å². The summed E-state index contributed by atoms with van der Waals surface area (Å²) in [6.07, 6.45) is 4.42. The van der Waals surface area contributed by atoms with Crippen molar-refractivity contribution < 1.29 is 19.0 Å². The van der Waals surface area contributed by atoms with Crippen molar-refractivity contribution in [2.75, 3.05) is 19.8 Å². The lowest BCUT2D eigenvalue weighted by molar-refractivity contribution is -0.142. The number of carbonyl (C=O) groups is 1. The van der Waals surface area contributed by atoms with Gasteiger partial charge in [0.15, 0.2) is 6.23 Å². The fraction of sp³-hybridized carbons (Fsp3) is 0.750. The quantitative estimate of drug-likeness (QED) is 0.395. The molecule has 0 aromatic carbocycles. The Kier molecular flexibility index (Phi) is 8.60. The highest BCUT2D eigenvalue weighted by atomic mass is 16.6. The highest BCUT2D eigenvalue weighted by molar-refractivity contribution is 5.47. The Bertz CT molecular complexity index is 776. The summed E-state index contributed by atoms with van der Waals surface area (Å²) in [6, 6.07) is -0.618. The highest BCUT2D eigenvalue weighted by Gasteiger charge is 2.54. The molecule has 164 valence electrons. The molecule has 0 aliphatic carbocycles. The molecular weight excluding hydrogens is 378 g/mol. The molecule has 4 atom stereocenters. The number of nitrogens with one attached hydrogen (secondary N) is 2. The highest BCUT2D eigenvalue weighted by Crippen LogP contribution is 2.38. The predicted molar refractivity (Wildman–Crippen MR) is 108 cm³/mol. The Labute approximate surface area is 170 Å². The van der Waals surface area contributed by atoms with E-state index in [1.165, 1.54) is 10.8 Å². The van der Waals surface area contributed by atoms with E-state index in [0.717, 1.165) is 25.7 Å². The number of aromatic nitrogens is 2. The number of rotatable bonds is 12. The number of H-pyrrole nitrogens is 1.